The Morgan fingerprint density at radius 2 is 1.64 bits per heavy atom. The Hall–Kier alpha value is -0.260. The van der Waals surface area contributed by atoms with Gasteiger partial charge in [0, 0.05) is 16.3 Å². The molecule has 0 spiro atoms. The highest BCUT2D eigenvalue weighted by molar-refractivity contribution is 7.98. The molecule has 25 heavy (non-hydrogen) atoms. The minimum absolute atomic E-state index is 0.223. The summed E-state index contributed by atoms with van der Waals surface area (Å²) in [7, 11) is -2.87. The van der Waals surface area contributed by atoms with Gasteiger partial charge in [-0.1, -0.05) is 49.8 Å². The maximum absolute atomic E-state index is 13.6. The van der Waals surface area contributed by atoms with Gasteiger partial charge in [-0.05, 0) is 44.6 Å². The molecule has 0 saturated heterocycles. The van der Waals surface area contributed by atoms with E-state index < -0.39 is 9.84 Å². The van der Waals surface area contributed by atoms with Crippen LogP contribution in [-0.4, -0.2) is 25.2 Å². The summed E-state index contributed by atoms with van der Waals surface area (Å²) in [5.74, 6) is 1.73. The lowest BCUT2D eigenvalue weighted by Gasteiger charge is -2.07. The van der Waals surface area contributed by atoms with E-state index in [1.54, 1.807) is 37.7 Å². The van der Waals surface area contributed by atoms with Crippen LogP contribution in [0.4, 0.5) is 4.39 Å². The van der Waals surface area contributed by atoms with Crippen molar-refractivity contribution < 1.29 is 12.8 Å². The van der Waals surface area contributed by atoms with Gasteiger partial charge >= 0.3 is 0 Å². The van der Waals surface area contributed by atoms with Crippen molar-refractivity contribution in [2.24, 2.45) is 0 Å². The van der Waals surface area contributed by atoms with Crippen molar-refractivity contribution in [3.8, 4) is 0 Å². The van der Waals surface area contributed by atoms with Gasteiger partial charge in [0.05, 0.1) is 11.0 Å². The predicted octanol–water partition coefficient (Wildman–Crippen LogP) is 6.27. The summed E-state index contributed by atoms with van der Waals surface area (Å²) in [4.78, 5) is 0. The zero-order valence-corrected chi connectivity index (χ0v) is 17.7. The Bertz CT molecular complexity index is 583. The Balaban J connectivity index is 1.97. The molecule has 1 rings (SSSR count). The van der Waals surface area contributed by atoms with Gasteiger partial charge in [-0.15, -0.1) is 0 Å². The number of sulfone groups is 1. The number of thioether (sulfide) groups is 1. The van der Waals surface area contributed by atoms with E-state index >= 15 is 0 Å². The molecule has 0 atom stereocenters. The molecule has 0 N–H and O–H groups in total. The van der Waals surface area contributed by atoms with Crippen molar-refractivity contribution in [1.82, 2.24) is 0 Å². The molecule has 0 aliphatic heterocycles. The minimum atomic E-state index is -2.87. The van der Waals surface area contributed by atoms with Crippen molar-refractivity contribution in [3.63, 3.8) is 0 Å². The van der Waals surface area contributed by atoms with Crippen molar-refractivity contribution in [1.29, 1.82) is 0 Å². The molecule has 2 nitrogen and oxygen atoms in total. The SMILES string of the molecule is CC(C)S(=O)(=O)CCCCCCCCCSCc1c(F)cccc1Cl. The lowest BCUT2D eigenvalue weighted by atomic mass is 10.1. The number of unbranched alkanes of at least 4 members (excludes halogenated alkanes) is 6. The molecule has 6 heteroatoms. The second-order valence-electron chi connectivity index (χ2n) is 6.64. The number of halogens is 2. The fourth-order valence-electron chi connectivity index (χ4n) is 2.47. The number of rotatable bonds is 13. The van der Waals surface area contributed by atoms with E-state index in [9.17, 15) is 12.8 Å². The zero-order valence-electron chi connectivity index (χ0n) is 15.3. The van der Waals surface area contributed by atoms with Crippen LogP contribution in [-0.2, 0) is 15.6 Å². The van der Waals surface area contributed by atoms with E-state index in [4.69, 9.17) is 11.6 Å². The third-order valence-electron chi connectivity index (χ3n) is 4.24. The van der Waals surface area contributed by atoms with Crippen LogP contribution in [0.25, 0.3) is 0 Å². The van der Waals surface area contributed by atoms with Crippen molar-refractivity contribution >= 4 is 33.2 Å². The first-order valence-electron chi connectivity index (χ1n) is 9.07. The molecule has 0 radical (unpaired) electrons. The third kappa shape index (κ3) is 9.30. The minimum Gasteiger partial charge on any atom is -0.229 e. The highest BCUT2D eigenvalue weighted by Crippen LogP contribution is 2.24. The predicted molar refractivity (Wildman–Crippen MR) is 109 cm³/mol. The molecular formula is C19H30ClFO2S2. The zero-order chi connectivity index (χ0) is 18.7. The summed E-state index contributed by atoms with van der Waals surface area (Å²) < 4.78 is 37.0. The molecule has 0 aromatic heterocycles. The van der Waals surface area contributed by atoms with Crippen LogP contribution in [0.3, 0.4) is 0 Å². The Morgan fingerprint density at radius 1 is 1.04 bits per heavy atom. The first-order valence-corrected chi connectivity index (χ1v) is 12.3. The van der Waals surface area contributed by atoms with Crippen LogP contribution < -0.4 is 0 Å². The highest BCUT2D eigenvalue weighted by atomic mass is 35.5. The number of hydrogen-bond acceptors (Lipinski definition) is 3. The van der Waals surface area contributed by atoms with Gasteiger partial charge in [0.15, 0.2) is 9.84 Å². The van der Waals surface area contributed by atoms with E-state index in [0.717, 1.165) is 37.9 Å². The van der Waals surface area contributed by atoms with Crippen LogP contribution in [0.15, 0.2) is 18.2 Å². The van der Waals surface area contributed by atoms with Crippen LogP contribution in [0.5, 0.6) is 0 Å². The average molecular weight is 409 g/mol. The first-order chi connectivity index (χ1) is 11.8. The largest absolute Gasteiger partial charge is 0.229 e. The standard InChI is InChI=1S/C19H30ClFO2S2/c1-16(2)25(22,23)14-9-7-5-3-4-6-8-13-24-15-17-18(20)11-10-12-19(17)21/h10-12,16H,3-9,13-15H2,1-2H3. The van der Waals surface area contributed by atoms with Gasteiger partial charge in [0.2, 0.25) is 0 Å². The van der Waals surface area contributed by atoms with Gasteiger partial charge in [-0.3, -0.25) is 0 Å². The Morgan fingerprint density at radius 3 is 2.24 bits per heavy atom. The average Bonchev–Trinajstić information content (AvgIpc) is 2.54. The van der Waals surface area contributed by atoms with Crippen LogP contribution in [0.2, 0.25) is 5.02 Å². The van der Waals surface area contributed by atoms with Gasteiger partial charge in [-0.25, -0.2) is 12.8 Å². The van der Waals surface area contributed by atoms with E-state index in [0.29, 0.717) is 22.1 Å². The smallest absolute Gasteiger partial charge is 0.152 e. The Kier molecular flexibility index (Phi) is 11.1. The Labute approximate surface area is 161 Å². The molecule has 0 fully saturated rings. The van der Waals surface area contributed by atoms with Crippen LogP contribution >= 0.6 is 23.4 Å². The summed E-state index contributed by atoms with van der Waals surface area (Å²) in [5.41, 5.74) is 0.602. The molecule has 0 aliphatic carbocycles. The highest BCUT2D eigenvalue weighted by Gasteiger charge is 2.14. The van der Waals surface area contributed by atoms with E-state index in [2.05, 4.69) is 0 Å². The van der Waals surface area contributed by atoms with E-state index in [-0.39, 0.29) is 11.1 Å². The molecular weight excluding hydrogens is 379 g/mol. The molecule has 1 aromatic carbocycles. The lowest BCUT2D eigenvalue weighted by molar-refractivity contribution is 0.573. The third-order valence-corrected chi connectivity index (χ3v) is 7.96. The van der Waals surface area contributed by atoms with E-state index in [1.807, 2.05) is 0 Å². The van der Waals surface area contributed by atoms with Crippen molar-refractivity contribution in [2.75, 3.05) is 11.5 Å². The summed E-state index contributed by atoms with van der Waals surface area (Å²) in [5, 5.41) is 0.247. The molecule has 0 heterocycles. The molecule has 0 saturated carbocycles. The fourth-order valence-corrected chi connectivity index (χ4v) is 4.91. The topological polar surface area (TPSA) is 34.1 Å². The molecule has 1 aromatic rings. The fraction of sp³-hybridized carbons (Fsp3) is 0.684. The molecule has 0 unspecified atom stereocenters. The van der Waals surface area contributed by atoms with Gasteiger partial charge < -0.3 is 0 Å². The second kappa shape index (κ2) is 12.2. The summed E-state index contributed by atoms with van der Waals surface area (Å²) >= 11 is 7.73. The van der Waals surface area contributed by atoms with Crippen LogP contribution in [0, 0.1) is 5.82 Å². The quantitative estimate of drug-likeness (QED) is 0.361. The van der Waals surface area contributed by atoms with Gasteiger partial charge in [0.25, 0.3) is 0 Å². The monoisotopic (exact) mass is 408 g/mol. The van der Waals surface area contributed by atoms with Crippen molar-refractivity contribution in [3.05, 3.63) is 34.6 Å². The second-order valence-corrected chi connectivity index (χ2v) is 10.8. The van der Waals surface area contributed by atoms with Crippen molar-refractivity contribution in [2.45, 2.75) is 69.8 Å². The number of hydrogen-bond donors (Lipinski definition) is 0. The van der Waals surface area contributed by atoms with Gasteiger partial charge in [0.1, 0.15) is 5.82 Å². The molecule has 144 valence electrons. The van der Waals surface area contributed by atoms with E-state index in [1.165, 1.54) is 18.9 Å². The normalized spacial score (nSPS) is 12.0. The first kappa shape index (κ1) is 22.8. The number of benzene rings is 1. The maximum Gasteiger partial charge on any atom is 0.152 e. The van der Waals surface area contributed by atoms with Gasteiger partial charge in [-0.2, -0.15) is 11.8 Å². The summed E-state index contributed by atoms with van der Waals surface area (Å²) in [6.07, 6.45) is 7.50. The molecule has 0 aliphatic rings. The summed E-state index contributed by atoms with van der Waals surface area (Å²) in [6.45, 7) is 3.49. The lowest BCUT2D eigenvalue weighted by Crippen LogP contribution is -2.17. The van der Waals surface area contributed by atoms with Crippen LogP contribution in [0.1, 0.15) is 64.4 Å². The molecule has 0 bridgehead atoms. The molecule has 0 amide bonds. The summed E-state index contributed by atoms with van der Waals surface area (Å²) in [6, 6.07) is 4.81. The maximum atomic E-state index is 13.6.